The number of benzene rings is 1. The van der Waals surface area contributed by atoms with E-state index in [9.17, 15) is 9.90 Å². The van der Waals surface area contributed by atoms with Gasteiger partial charge in [-0.3, -0.25) is 4.57 Å². The summed E-state index contributed by atoms with van der Waals surface area (Å²) in [7, 11) is 1.98. The zero-order valence-electron chi connectivity index (χ0n) is 13.3. The van der Waals surface area contributed by atoms with E-state index in [1.165, 1.54) is 0 Å². The molecule has 7 heteroatoms. The molecule has 0 saturated carbocycles. The molecule has 3 heterocycles. The highest BCUT2D eigenvalue weighted by Crippen LogP contribution is 2.25. The summed E-state index contributed by atoms with van der Waals surface area (Å²) < 4.78 is 3.59. The zero-order valence-corrected chi connectivity index (χ0v) is 13.3. The van der Waals surface area contributed by atoms with Gasteiger partial charge in [-0.25, -0.2) is 14.5 Å². The fourth-order valence-electron chi connectivity index (χ4n) is 3.13. The fraction of sp³-hybridized carbons (Fsp3) is 0.235. The summed E-state index contributed by atoms with van der Waals surface area (Å²) in [6.45, 7) is 1.45. The van der Waals surface area contributed by atoms with E-state index >= 15 is 0 Å². The zero-order chi connectivity index (χ0) is 16.7. The van der Waals surface area contributed by atoms with Crippen molar-refractivity contribution in [1.29, 1.82) is 0 Å². The lowest BCUT2D eigenvalue weighted by Crippen LogP contribution is -2.28. The van der Waals surface area contributed by atoms with Crippen LogP contribution in [0.25, 0.3) is 11.6 Å². The Morgan fingerprint density at radius 3 is 2.79 bits per heavy atom. The van der Waals surface area contributed by atoms with E-state index in [0.29, 0.717) is 12.5 Å². The summed E-state index contributed by atoms with van der Waals surface area (Å²) in [6, 6.07) is 9.82. The van der Waals surface area contributed by atoms with Crippen LogP contribution in [0.5, 0.6) is 0 Å². The number of aromatic carboxylic acids is 1. The van der Waals surface area contributed by atoms with Crippen molar-refractivity contribution in [2.24, 2.45) is 0 Å². The number of imidazole rings is 1. The molecule has 7 nitrogen and oxygen atoms in total. The van der Waals surface area contributed by atoms with Crippen molar-refractivity contribution in [2.45, 2.75) is 13.0 Å². The summed E-state index contributed by atoms with van der Waals surface area (Å²) in [5, 5.41) is 13.9. The van der Waals surface area contributed by atoms with Gasteiger partial charge in [0, 0.05) is 43.2 Å². The number of rotatable bonds is 3. The lowest BCUT2D eigenvalue weighted by molar-refractivity contribution is 0.0687. The Kier molecular flexibility index (Phi) is 3.42. The topological polar surface area (TPSA) is 76.2 Å². The first kappa shape index (κ1) is 14.6. The molecular weight excluding hydrogens is 306 g/mol. The maximum Gasteiger partial charge on any atom is 0.356 e. The molecule has 4 rings (SSSR count). The van der Waals surface area contributed by atoms with Crippen LogP contribution < -0.4 is 0 Å². The molecule has 0 atom stereocenters. The third-order valence-corrected chi connectivity index (χ3v) is 4.30. The maximum atomic E-state index is 11.6. The van der Waals surface area contributed by atoms with Crippen molar-refractivity contribution in [3.05, 3.63) is 59.7 Å². The molecule has 0 spiro atoms. The normalized spacial score (nSPS) is 14.5. The minimum Gasteiger partial charge on any atom is -0.476 e. The number of para-hydroxylation sites is 1. The Balaban J connectivity index is 1.89. The monoisotopic (exact) mass is 323 g/mol. The quantitative estimate of drug-likeness (QED) is 0.794. The molecular formula is C17H17N5O2. The molecule has 0 radical (unpaired) electrons. The van der Waals surface area contributed by atoms with Gasteiger partial charge in [0.2, 0.25) is 5.95 Å². The van der Waals surface area contributed by atoms with Gasteiger partial charge in [0.25, 0.3) is 0 Å². The van der Waals surface area contributed by atoms with Crippen molar-refractivity contribution in [3.8, 4) is 11.6 Å². The van der Waals surface area contributed by atoms with Crippen molar-refractivity contribution >= 4 is 5.97 Å². The highest BCUT2D eigenvalue weighted by atomic mass is 16.4. The lowest BCUT2D eigenvalue weighted by atomic mass is 10.1. The van der Waals surface area contributed by atoms with E-state index in [0.717, 1.165) is 29.9 Å². The van der Waals surface area contributed by atoms with Crippen LogP contribution in [0.2, 0.25) is 0 Å². The first-order valence-corrected chi connectivity index (χ1v) is 7.77. The largest absolute Gasteiger partial charge is 0.476 e. The third kappa shape index (κ3) is 2.30. The molecule has 0 amide bonds. The predicted octanol–water partition coefficient (Wildman–Crippen LogP) is 1.74. The number of fused-ring (bicyclic) bond motifs is 1. The van der Waals surface area contributed by atoms with E-state index in [1.54, 1.807) is 10.9 Å². The molecule has 122 valence electrons. The number of hydrogen-bond acceptors (Lipinski definition) is 4. The van der Waals surface area contributed by atoms with Gasteiger partial charge in [-0.15, -0.1) is 0 Å². The lowest BCUT2D eigenvalue weighted by Gasteiger charge is -2.23. The number of likely N-dealkylation sites (N-methyl/N-ethyl adjacent to an activating group) is 1. The number of carbonyl (C=O) groups is 1. The minimum atomic E-state index is -1.00. The Hall–Kier alpha value is -2.93. The van der Waals surface area contributed by atoms with Gasteiger partial charge >= 0.3 is 5.97 Å². The summed E-state index contributed by atoms with van der Waals surface area (Å²) >= 11 is 0. The number of nitrogens with zero attached hydrogens (tertiary/aromatic N) is 5. The van der Waals surface area contributed by atoms with Crippen LogP contribution >= 0.6 is 0 Å². The highest BCUT2D eigenvalue weighted by Gasteiger charge is 2.28. The predicted molar refractivity (Wildman–Crippen MR) is 87.7 cm³/mol. The summed E-state index contributed by atoms with van der Waals surface area (Å²) in [4.78, 5) is 18.1. The van der Waals surface area contributed by atoms with E-state index in [1.807, 2.05) is 48.1 Å². The smallest absolute Gasteiger partial charge is 0.356 e. The molecule has 1 aliphatic heterocycles. The van der Waals surface area contributed by atoms with Gasteiger partial charge in [-0.2, -0.15) is 5.10 Å². The third-order valence-electron chi connectivity index (χ3n) is 4.30. The van der Waals surface area contributed by atoms with Gasteiger partial charge in [0.1, 0.15) is 0 Å². The van der Waals surface area contributed by atoms with Crippen LogP contribution in [-0.2, 0) is 13.0 Å². The molecule has 3 aromatic rings. The van der Waals surface area contributed by atoms with E-state index in [-0.39, 0.29) is 5.69 Å². The maximum absolute atomic E-state index is 11.6. The van der Waals surface area contributed by atoms with Gasteiger partial charge in [0.05, 0.1) is 5.69 Å². The average Bonchev–Trinajstić information content (AvgIpc) is 3.19. The van der Waals surface area contributed by atoms with Crippen molar-refractivity contribution < 1.29 is 9.90 Å². The second kappa shape index (κ2) is 5.61. The summed E-state index contributed by atoms with van der Waals surface area (Å²) in [5.41, 5.74) is 2.77. The van der Waals surface area contributed by atoms with E-state index < -0.39 is 5.97 Å². The molecule has 0 saturated heterocycles. The Morgan fingerprint density at radius 1 is 1.25 bits per heavy atom. The second-order valence-corrected chi connectivity index (χ2v) is 5.91. The molecule has 0 aliphatic carbocycles. The van der Waals surface area contributed by atoms with Crippen LogP contribution in [0, 0.1) is 0 Å². The highest BCUT2D eigenvalue weighted by molar-refractivity contribution is 5.87. The first-order valence-electron chi connectivity index (χ1n) is 7.77. The van der Waals surface area contributed by atoms with Crippen LogP contribution in [-0.4, -0.2) is 48.9 Å². The van der Waals surface area contributed by atoms with Crippen LogP contribution in [0.4, 0.5) is 0 Å². The van der Waals surface area contributed by atoms with Gasteiger partial charge in [0.15, 0.2) is 5.69 Å². The molecule has 0 bridgehead atoms. The van der Waals surface area contributed by atoms with Gasteiger partial charge in [-0.05, 0) is 19.2 Å². The van der Waals surface area contributed by atoms with Crippen LogP contribution in [0.3, 0.4) is 0 Å². The summed E-state index contributed by atoms with van der Waals surface area (Å²) in [5.74, 6) is -0.396. The van der Waals surface area contributed by atoms with Crippen molar-refractivity contribution in [3.63, 3.8) is 0 Å². The average molecular weight is 323 g/mol. The van der Waals surface area contributed by atoms with Gasteiger partial charge < -0.3 is 10.0 Å². The number of hydrogen-bond donors (Lipinski definition) is 1. The Morgan fingerprint density at radius 2 is 2.04 bits per heavy atom. The fourth-order valence-corrected chi connectivity index (χ4v) is 3.13. The standard InChI is InChI=1S/C17H17N5O2/c1-20-9-7-14-13(11-20)15(16(23)24)19-22(14)17-18-8-10-21(17)12-5-3-2-4-6-12/h2-6,8,10H,7,9,11H2,1H3,(H,23,24). The Bertz CT molecular complexity index is 897. The van der Waals surface area contributed by atoms with E-state index in [4.69, 9.17) is 0 Å². The Labute approximate surface area is 138 Å². The minimum absolute atomic E-state index is 0.110. The molecule has 0 fully saturated rings. The van der Waals surface area contributed by atoms with Gasteiger partial charge in [-0.1, -0.05) is 18.2 Å². The van der Waals surface area contributed by atoms with Crippen LogP contribution in [0.1, 0.15) is 21.7 Å². The van der Waals surface area contributed by atoms with Crippen molar-refractivity contribution in [2.75, 3.05) is 13.6 Å². The number of carboxylic acid groups (broad SMARTS) is 1. The molecule has 1 N–H and O–H groups in total. The molecule has 1 aliphatic rings. The molecule has 0 unspecified atom stereocenters. The van der Waals surface area contributed by atoms with Crippen LogP contribution in [0.15, 0.2) is 42.7 Å². The number of aromatic nitrogens is 4. The SMILES string of the molecule is CN1CCc2c(c(C(=O)O)nn2-c2nccn2-c2ccccc2)C1. The molecule has 1 aromatic carbocycles. The summed E-state index contributed by atoms with van der Waals surface area (Å²) in [6.07, 6.45) is 4.30. The van der Waals surface area contributed by atoms with Crippen molar-refractivity contribution in [1.82, 2.24) is 24.2 Å². The number of carboxylic acids is 1. The molecule has 2 aromatic heterocycles. The second-order valence-electron chi connectivity index (χ2n) is 5.91. The first-order chi connectivity index (χ1) is 11.6. The van der Waals surface area contributed by atoms with E-state index in [2.05, 4.69) is 15.0 Å². The molecule has 24 heavy (non-hydrogen) atoms.